The zero-order valence-electron chi connectivity index (χ0n) is 39.7. The Balaban J connectivity index is 0.000000356. The molecule has 6 rings (SSSR count). The van der Waals surface area contributed by atoms with Gasteiger partial charge in [0.05, 0.1) is 1.37 Å². The van der Waals surface area contributed by atoms with Gasteiger partial charge in [0.25, 0.3) is 0 Å². The normalized spacial score (nSPS) is 15.0. The van der Waals surface area contributed by atoms with Crippen molar-refractivity contribution in [2.24, 2.45) is 16.7 Å². The number of aryl methyl sites for hydroxylation is 1. The Hall–Kier alpha value is -3.86. The second kappa shape index (κ2) is 16.9. The number of ketones is 1. The summed E-state index contributed by atoms with van der Waals surface area (Å²) < 4.78 is 55.6. The van der Waals surface area contributed by atoms with E-state index in [2.05, 4.69) is 42.9 Å². The van der Waals surface area contributed by atoms with Crippen LogP contribution in [0.4, 0.5) is 0 Å². The van der Waals surface area contributed by atoms with Gasteiger partial charge in [0, 0.05) is 65.7 Å². The minimum atomic E-state index is -2.54. The SMILES string of the molecule is [2H]/C(C(=O)C(C)(CC)CC)=C(/O)C(C)(CC)CC.[2H]C([2H])([2H])c1nc(-c2[c-]c3ccccc3c(C(C)(C)C)c2)c2c(n1)oc1c3ccc(C([2H])([2H])C(C)C)cc3ccc12.[Ir]. The van der Waals surface area contributed by atoms with Crippen LogP contribution >= 0.6 is 0 Å². The molecule has 1 radical (unpaired) electrons. The fourth-order valence-electron chi connectivity index (χ4n) is 6.62. The summed E-state index contributed by atoms with van der Waals surface area (Å²) in [5, 5.41) is 15.3. The van der Waals surface area contributed by atoms with E-state index in [9.17, 15) is 9.90 Å². The van der Waals surface area contributed by atoms with Gasteiger partial charge in [-0.3, -0.25) is 9.78 Å². The predicted molar refractivity (Wildman–Crippen MR) is 224 cm³/mol. The molecule has 6 aromatic rings. The Kier molecular flexibility index (Phi) is 10.8. The fraction of sp³-hybridized carbons (Fsp3) is 0.438. The molecule has 0 spiro atoms. The first-order valence-electron chi connectivity index (χ1n) is 22.0. The molecule has 2 heterocycles. The first-order chi connectivity index (χ1) is 27.4. The van der Waals surface area contributed by atoms with Crippen LogP contribution in [0.5, 0.6) is 0 Å². The molecular weight excluding hydrogens is 845 g/mol. The van der Waals surface area contributed by atoms with Gasteiger partial charge >= 0.3 is 0 Å². The molecule has 0 atom stereocenters. The first-order valence-corrected chi connectivity index (χ1v) is 19.0. The van der Waals surface area contributed by atoms with Gasteiger partial charge in [-0.05, 0) is 61.2 Å². The van der Waals surface area contributed by atoms with Gasteiger partial charge in [-0.25, -0.2) is 0 Å². The van der Waals surface area contributed by atoms with Gasteiger partial charge in [0.1, 0.15) is 17.2 Å². The smallest absolute Gasteiger partial charge is 0.223 e. The van der Waals surface area contributed by atoms with Gasteiger partial charge in [-0.2, -0.15) is 4.98 Å². The van der Waals surface area contributed by atoms with E-state index in [0.29, 0.717) is 40.6 Å². The maximum absolute atomic E-state index is 12.3. The van der Waals surface area contributed by atoms with Crippen LogP contribution in [0.3, 0.4) is 0 Å². The van der Waals surface area contributed by atoms with Crippen LogP contribution in [0, 0.1) is 29.7 Å². The van der Waals surface area contributed by atoms with Crippen LogP contribution in [-0.4, -0.2) is 20.9 Å². The van der Waals surface area contributed by atoms with E-state index in [0.717, 1.165) is 45.3 Å². The van der Waals surface area contributed by atoms with Crippen molar-refractivity contribution in [1.29, 1.82) is 0 Å². The van der Waals surface area contributed by atoms with Gasteiger partial charge in [-0.15, -0.1) is 29.1 Å². The zero-order valence-corrected chi connectivity index (χ0v) is 36.1. The summed E-state index contributed by atoms with van der Waals surface area (Å²) in [5.74, 6) is -0.763. The number of nitrogens with zero attached hydrogens (tertiary/aromatic N) is 2. The van der Waals surface area contributed by atoms with Crippen molar-refractivity contribution in [3.8, 4) is 11.3 Å². The summed E-state index contributed by atoms with van der Waals surface area (Å²) in [6.45, 7) is 19.2. The van der Waals surface area contributed by atoms with Crippen LogP contribution in [-0.2, 0) is 36.7 Å². The number of rotatable bonds is 10. The van der Waals surface area contributed by atoms with E-state index in [-0.39, 0.29) is 60.6 Å². The molecule has 2 aromatic heterocycles. The number of fused-ring (bicyclic) bond motifs is 6. The van der Waals surface area contributed by atoms with Crippen LogP contribution in [0.1, 0.15) is 127 Å². The summed E-state index contributed by atoms with van der Waals surface area (Å²) in [6.07, 6.45) is 1.33. The molecule has 0 amide bonds. The Labute approximate surface area is 344 Å². The molecular formula is C48H59IrN2O3-. The third-order valence-electron chi connectivity index (χ3n) is 11.1. The van der Waals surface area contributed by atoms with Crippen molar-refractivity contribution in [1.82, 2.24) is 9.97 Å². The molecule has 0 saturated carbocycles. The Morgan fingerprint density at radius 3 is 2.17 bits per heavy atom. The third kappa shape index (κ3) is 8.66. The number of carbonyl (C=O) groups excluding carboxylic acids is 1. The Morgan fingerprint density at radius 2 is 1.56 bits per heavy atom. The largest absolute Gasteiger partial charge is 0.512 e. The molecule has 1 N–H and O–H groups in total. The minimum Gasteiger partial charge on any atom is -0.512 e. The van der Waals surface area contributed by atoms with E-state index < -0.39 is 24.1 Å². The maximum Gasteiger partial charge on any atom is 0.223 e. The van der Waals surface area contributed by atoms with Crippen LogP contribution in [0.25, 0.3) is 54.9 Å². The summed E-state index contributed by atoms with van der Waals surface area (Å²) >= 11 is 0. The summed E-state index contributed by atoms with van der Waals surface area (Å²) in [7, 11) is 0. The summed E-state index contributed by atoms with van der Waals surface area (Å²) in [4.78, 5) is 21.3. The average Bonchev–Trinajstić information content (AvgIpc) is 3.60. The van der Waals surface area contributed by atoms with Crippen molar-refractivity contribution in [3.05, 3.63) is 95.5 Å². The molecule has 0 fully saturated rings. The summed E-state index contributed by atoms with van der Waals surface area (Å²) in [5.41, 5.74) is 2.42. The van der Waals surface area contributed by atoms with Crippen molar-refractivity contribution in [2.75, 3.05) is 0 Å². The van der Waals surface area contributed by atoms with Crippen LogP contribution in [0.15, 0.2) is 76.9 Å². The molecule has 5 nitrogen and oxygen atoms in total. The van der Waals surface area contributed by atoms with Crippen molar-refractivity contribution < 1.29 is 42.6 Å². The number of hydrogen-bond acceptors (Lipinski definition) is 5. The number of furan rings is 1. The van der Waals surface area contributed by atoms with Gasteiger partial charge in [-0.1, -0.05) is 136 Å². The fourth-order valence-corrected chi connectivity index (χ4v) is 6.62. The van der Waals surface area contributed by atoms with Crippen molar-refractivity contribution in [2.45, 2.75) is 120 Å². The van der Waals surface area contributed by atoms with Crippen molar-refractivity contribution >= 4 is 49.4 Å². The number of hydrogen-bond donors (Lipinski definition) is 1. The van der Waals surface area contributed by atoms with Gasteiger partial charge < -0.3 is 9.52 Å². The molecule has 0 aliphatic heterocycles. The monoisotopic (exact) mass is 910 g/mol. The van der Waals surface area contributed by atoms with E-state index in [4.69, 9.17) is 12.6 Å². The standard InChI is InChI=1S/C33H31N2O.C15H28O2.Ir/c1-19(2)15-21-11-13-26-23(16-21)12-14-27-29-30(34-20(3)35-32(29)36-31(26)27)24-17-22-9-7-8-10-25(22)28(18-24)33(4,5)6;1-7-14(5,8-2)12(16)11-13(17)15(6,9-3)10-4;/h7-14,16,18-19H,15H2,1-6H3;11,16H,7-10H2,1-6H3;/q-1;;/b;12-11-;/i3D3,15D2;11D;. The van der Waals surface area contributed by atoms with E-state index in [1.165, 1.54) is 0 Å². The number of aromatic nitrogens is 2. The average molecular weight is 910 g/mol. The zero-order chi connectivity index (χ0) is 44.0. The molecule has 4 aromatic carbocycles. The Morgan fingerprint density at radius 1 is 0.907 bits per heavy atom. The van der Waals surface area contributed by atoms with E-state index in [1.807, 2.05) is 104 Å². The molecule has 0 aliphatic carbocycles. The number of carbonyl (C=O) groups is 1. The first kappa shape index (κ1) is 34.6. The third-order valence-corrected chi connectivity index (χ3v) is 11.1. The maximum atomic E-state index is 12.3. The predicted octanol–water partition coefficient (Wildman–Crippen LogP) is 13.6. The van der Waals surface area contributed by atoms with Crippen LogP contribution in [0.2, 0.25) is 0 Å². The number of aliphatic hydroxyl groups excluding tert-OH is 1. The molecule has 0 unspecified atom stereocenters. The Bertz CT molecular complexity index is 2560. The molecule has 0 saturated heterocycles. The quantitative estimate of drug-likeness (QED) is 0.0842. The van der Waals surface area contributed by atoms with Gasteiger partial charge in [0.2, 0.25) is 5.71 Å². The molecule has 0 bridgehead atoms. The van der Waals surface area contributed by atoms with E-state index in [1.54, 1.807) is 6.07 Å². The molecule has 54 heavy (non-hydrogen) atoms. The second-order valence-corrected chi connectivity index (χ2v) is 16.1. The summed E-state index contributed by atoms with van der Waals surface area (Å²) in [6, 6.07) is 22.8. The van der Waals surface area contributed by atoms with Crippen LogP contribution < -0.4 is 0 Å². The van der Waals surface area contributed by atoms with Crippen molar-refractivity contribution in [3.63, 3.8) is 0 Å². The number of benzene rings is 4. The van der Waals surface area contributed by atoms with Gasteiger partial charge in [0.15, 0.2) is 5.78 Å². The topological polar surface area (TPSA) is 76.2 Å². The number of aliphatic hydroxyl groups is 1. The molecule has 6 heteroatoms. The van der Waals surface area contributed by atoms with E-state index >= 15 is 0 Å². The molecule has 0 aliphatic rings. The molecule has 289 valence electrons. The number of allylic oxidation sites excluding steroid dienone is 2. The minimum absolute atomic E-state index is 0. The second-order valence-electron chi connectivity index (χ2n) is 16.1.